The third-order valence-electron chi connectivity index (χ3n) is 16.6. The summed E-state index contributed by atoms with van der Waals surface area (Å²) in [6.45, 7) is 6.98. The number of halogens is 9. The summed E-state index contributed by atoms with van der Waals surface area (Å²) in [7, 11) is -20.4. The zero-order valence-electron chi connectivity index (χ0n) is 68.6. The Labute approximate surface area is 797 Å². The molecule has 0 spiro atoms. The number of carbonyl (C=O) groups excluding carboxylic acids is 10. The van der Waals surface area contributed by atoms with Crippen molar-refractivity contribution in [1.29, 1.82) is 0 Å². The number of carbonyl (C=O) groups is 10. The van der Waals surface area contributed by atoms with E-state index in [1.807, 2.05) is 0 Å². The van der Waals surface area contributed by atoms with Gasteiger partial charge in [-0.05, 0) is 140 Å². The van der Waals surface area contributed by atoms with E-state index in [2.05, 4.69) is 23.6 Å². The number of nitro groups is 1. The van der Waals surface area contributed by atoms with E-state index in [0.717, 1.165) is 95.3 Å². The lowest BCUT2D eigenvalue weighted by Gasteiger charge is -2.12. The summed E-state index contributed by atoms with van der Waals surface area (Å²) < 4.78 is 150. The fraction of sp³-hybridized carbons (Fsp3) is 0.0698. The number of anilines is 5. The van der Waals surface area contributed by atoms with Crippen LogP contribution in [0.3, 0.4) is 0 Å². The first-order valence-electron chi connectivity index (χ1n) is 36.5. The van der Waals surface area contributed by atoms with Gasteiger partial charge in [-0.1, -0.05) is 160 Å². The number of allylic oxidation sites excluding steroid dienone is 5. The van der Waals surface area contributed by atoms with E-state index in [4.69, 9.17) is 92.8 Å². The summed E-state index contributed by atoms with van der Waals surface area (Å²) in [5.74, 6) is -11.3. The Morgan fingerprint density at radius 3 is 0.925 bits per heavy atom. The topological polar surface area (TPSA) is 546 Å². The standard InChI is InChI=1S/C18H15Cl2NO5S.C17H12Cl3NO5S.C17H13Cl2NO5S.C17H13ClFNO5S.C17H14N2O7S/c1-10-6-18(15(20)8-14(10)19)27(25,26)21-13-5-3-4-12(7-13)17(24)9-16(23)11(2)22;1-9(22)15(23)8-16(24)10-3-2-4-12(5-10)21-27(25,26)17-13(19)6-11(18)7-14(17)20;1-10(21)15(22)9-16(23)11-3-2-4-13(7-11)20-26(24,25)17-6-5-12(18)8-14(17)19;1-10(21)16(22)9-17(23)11-3-2-4-12(7-11)20-26(24,25)13-5-6-15(19)14(18)8-13;1-11(20)16(21)10-17(22)12-4-2-5-13(8-12)18-27(25,26)15-7-3-6-14(9-15)19(23)24/h3-9,21,24H,1-2H3;2-8,21,24H,1H3;2*2-9,20,23H,1H3;2-10,18,22H,1H3. The number of nitrogens with zero attached hydrogens (tertiary/aromatic N) is 1. The number of ketones is 10. The highest BCUT2D eigenvalue weighted by Crippen LogP contribution is 2.37. The number of Topliss-reactive ketones (excluding diaryl/α,β-unsaturated/α-hetero) is 5. The van der Waals surface area contributed by atoms with Crippen molar-refractivity contribution in [1.82, 2.24) is 0 Å². The molecule has 0 fully saturated rings. The second-order valence-corrected chi connectivity index (χ2v) is 38.4. The molecule has 10 aromatic rings. The third kappa shape index (κ3) is 32.5. The molecule has 0 aliphatic carbocycles. The number of hydrogen-bond acceptors (Lipinski definition) is 27. The summed E-state index contributed by atoms with van der Waals surface area (Å²) in [6.07, 6.45) is 3.77. The van der Waals surface area contributed by atoms with Crippen LogP contribution in [0.5, 0.6) is 0 Å². The normalized spacial score (nSPS) is 11.9. The van der Waals surface area contributed by atoms with Gasteiger partial charge in [-0.15, -0.1) is 0 Å². The van der Waals surface area contributed by atoms with Crippen molar-refractivity contribution in [2.45, 2.75) is 66.0 Å². The maximum Gasteiger partial charge on any atom is 0.270 e. The minimum atomic E-state index is -4.17. The van der Waals surface area contributed by atoms with E-state index in [-0.39, 0.29) is 117 Å². The van der Waals surface area contributed by atoms with Gasteiger partial charge < -0.3 is 25.5 Å². The van der Waals surface area contributed by atoms with Crippen molar-refractivity contribution in [3.63, 3.8) is 0 Å². The maximum atomic E-state index is 13.2. The molecular formula is C86H67Cl8FN6O27S5. The Bertz CT molecular complexity index is 7160. The molecule has 47 heteroatoms. The van der Waals surface area contributed by atoms with E-state index in [1.54, 1.807) is 6.92 Å². The van der Waals surface area contributed by atoms with Crippen molar-refractivity contribution in [3.05, 3.63) is 326 Å². The highest BCUT2D eigenvalue weighted by Gasteiger charge is 2.27. The highest BCUT2D eigenvalue weighted by molar-refractivity contribution is 7.94. The number of aryl methyl sites for hydroxylation is 1. The zero-order chi connectivity index (χ0) is 99.9. The van der Waals surface area contributed by atoms with Gasteiger partial charge in [-0.2, -0.15) is 0 Å². The van der Waals surface area contributed by atoms with Gasteiger partial charge in [0.15, 0.2) is 28.9 Å². The molecule has 0 aliphatic heterocycles. The lowest BCUT2D eigenvalue weighted by Crippen LogP contribution is -2.14. The van der Waals surface area contributed by atoms with Crippen LogP contribution in [0.2, 0.25) is 40.2 Å². The lowest BCUT2D eigenvalue weighted by molar-refractivity contribution is -0.385. The number of aliphatic hydroxyl groups excluding tert-OH is 5. The molecule has 696 valence electrons. The molecule has 0 heterocycles. The molecule has 10 rings (SSSR count). The molecular weight excluding hydrogens is 2010 g/mol. The lowest BCUT2D eigenvalue weighted by atomic mass is 10.1. The van der Waals surface area contributed by atoms with E-state index >= 15 is 0 Å². The van der Waals surface area contributed by atoms with Crippen LogP contribution < -0.4 is 23.6 Å². The third-order valence-corrected chi connectivity index (χ3v) is 26.5. The number of non-ortho nitro benzene ring substituents is 1. The molecule has 0 amide bonds. The van der Waals surface area contributed by atoms with Crippen molar-refractivity contribution in [2.24, 2.45) is 0 Å². The van der Waals surface area contributed by atoms with Crippen LogP contribution in [-0.2, 0) is 98.1 Å². The summed E-state index contributed by atoms with van der Waals surface area (Å²) >= 11 is 46.9. The first kappa shape index (κ1) is 109. The minimum Gasteiger partial charge on any atom is -0.507 e. The van der Waals surface area contributed by atoms with Gasteiger partial charge in [0, 0.05) is 148 Å². The molecule has 0 aliphatic rings. The minimum absolute atomic E-state index is 0.0379. The van der Waals surface area contributed by atoms with Crippen LogP contribution in [0.4, 0.5) is 38.5 Å². The molecule has 0 unspecified atom stereocenters. The van der Waals surface area contributed by atoms with Crippen LogP contribution in [-0.4, -0.2) is 130 Å². The summed E-state index contributed by atoms with van der Waals surface area (Å²) in [5.41, 5.74) is 1.28. The Hall–Kier alpha value is -13.0. The summed E-state index contributed by atoms with van der Waals surface area (Å²) in [4.78, 5) is 121. The van der Waals surface area contributed by atoms with Crippen molar-refractivity contribution in [3.8, 4) is 0 Å². The number of hydrogen-bond donors (Lipinski definition) is 10. The number of nitro benzene ring substituents is 1. The smallest absolute Gasteiger partial charge is 0.270 e. The van der Waals surface area contributed by atoms with Crippen molar-refractivity contribution < 1.29 is 125 Å². The van der Waals surface area contributed by atoms with Gasteiger partial charge in [-0.25, -0.2) is 46.5 Å². The predicted molar refractivity (Wildman–Crippen MR) is 501 cm³/mol. The molecule has 10 aromatic carbocycles. The van der Waals surface area contributed by atoms with Crippen LogP contribution in [0, 0.1) is 22.9 Å². The first-order valence-corrected chi connectivity index (χ1v) is 46.9. The van der Waals surface area contributed by atoms with Gasteiger partial charge in [-0.3, -0.25) is 81.7 Å². The molecule has 0 saturated heterocycles. The average molecular weight is 2080 g/mol. The number of rotatable bonds is 31. The molecule has 0 radical (unpaired) electrons. The Morgan fingerprint density at radius 2 is 0.609 bits per heavy atom. The highest BCUT2D eigenvalue weighted by atomic mass is 35.5. The van der Waals surface area contributed by atoms with Gasteiger partial charge >= 0.3 is 0 Å². The quantitative estimate of drug-likeness (QED) is 0.00634. The zero-order valence-corrected chi connectivity index (χ0v) is 78.8. The fourth-order valence-corrected chi connectivity index (χ4v) is 18.7. The number of sulfonamides is 5. The van der Waals surface area contributed by atoms with E-state index < -0.39 is 147 Å². The molecule has 0 bridgehead atoms. The SMILES string of the molecule is CC(=O)C(=O)C=C(O)c1cccc(NS(=O)(=O)c2c(Cl)cc(Cl)cc2Cl)c1.CC(=O)C(=O)C=C(O)c1cccc(NS(=O)(=O)c2cc(C)c(Cl)cc2Cl)c1.CC(=O)C(=O)C=C(O)c1cccc(NS(=O)(=O)c2ccc(Cl)cc2Cl)c1.CC(=O)C(=O)C=C(O)c1cccc(NS(=O)(=O)c2ccc(F)c(Cl)c2)c1.CC(=O)C(=O)C=C(O)c1cccc(NS(=O)(=O)c2cccc([N+](=O)[O-])c2)c1. The fourth-order valence-electron chi connectivity index (χ4n) is 10.0. The van der Waals surface area contributed by atoms with Gasteiger partial charge in [0.25, 0.3) is 55.8 Å². The number of benzene rings is 10. The van der Waals surface area contributed by atoms with Crippen molar-refractivity contribution >= 4 is 264 Å². The van der Waals surface area contributed by atoms with Gasteiger partial charge in [0.05, 0.1) is 39.8 Å². The number of aliphatic hydroxyl groups is 5. The Balaban J connectivity index is 0.000000256. The van der Waals surface area contributed by atoms with E-state index in [0.29, 0.717) is 15.6 Å². The number of nitrogens with one attached hydrogen (secondary N) is 5. The van der Waals surface area contributed by atoms with Gasteiger partial charge in [0.1, 0.15) is 49.3 Å². The van der Waals surface area contributed by atoms with Gasteiger partial charge in [0.2, 0.25) is 28.9 Å². The summed E-state index contributed by atoms with van der Waals surface area (Å²) in [5, 5.41) is 60.5. The van der Waals surface area contributed by atoms with E-state index in [9.17, 15) is 130 Å². The van der Waals surface area contributed by atoms with Crippen LogP contribution in [0.15, 0.2) is 261 Å². The molecule has 0 aromatic heterocycles. The van der Waals surface area contributed by atoms with Crippen LogP contribution in [0.25, 0.3) is 28.8 Å². The average Bonchev–Trinajstić information content (AvgIpc) is 0.792. The second kappa shape index (κ2) is 47.4. The van der Waals surface area contributed by atoms with Crippen LogP contribution >= 0.6 is 92.8 Å². The monoisotopic (exact) mass is 2070 g/mol. The maximum absolute atomic E-state index is 13.2. The largest absolute Gasteiger partial charge is 0.507 e. The molecule has 0 saturated carbocycles. The first-order chi connectivity index (χ1) is 61.8. The van der Waals surface area contributed by atoms with Crippen LogP contribution in [0.1, 0.15) is 68.0 Å². The molecule has 133 heavy (non-hydrogen) atoms. The predicted octanol–water partition coefficient (Wildman–Crippen LogP) is 18.3. The van der Waals surface area contributed by atoms with E-state index in [1.165, 1.54) is 176 Å². The Morgan fingerprint density at radius 1 is 0.316 bits per heavy atom. The van der Waals surface area contributed by atoms with Crippen molar-refractivity contribution in [2.75, 3.05) is 23.6 Å². The Kier molecular flexibility index (Phi) is 38.7. The second-order valence-electron chi connectivity index (χ2n) is 26.8. The molecule has 33 nitrogen and oxygen atoms in total. The summed E-state index contributed by atoms with van der Waals surface area (Å²) in [6, 6.07) is 44.5. The molecule has 10 N–H and O–H groups in total. The molecule has 0 atom stereocenters.